The molecule has 3 heterocycles. The molecule has 2 aromatic rings. The summed E-state index contributed by atoms with van der Waals surface area (Å²) in [4.78, 5) is 19.3. The number of morpholine rings is 1. The lowest BCUT2D eigenvalue weighted by Gasteiger charge is -2.33. The topological polar surface area (TPSA) is 110 Å². The van der Waals surface area contributed by atoms with Crippen LogP contribution >= 0.6 is 0 Å². The smallest absolute Gasteiger partial charge is 0.311 e. The number of hydrogen-bond acceptors (Lipinski definition) is 8. The van der Waals surface area contributed by atoms with Crippen LogP contribution in [0.3, 0.4) is 0 Å². The molecule has 1 unspecified atom stereocenters. The maximum atomic E-state index is 14.4. The normalized spacial score (nSPS) is 20.3. The number of aromatic nitrogens is 1. The van der Waals surface area contributed by atoms with Gasteiger partial charge >= 0.3 is 5.69 Å². The summed E-state index contributed by atoms with van der Waals surface area (Å²) in [5, 5.41) is 14.7. The summed E-state index contributed by atoms with van der Waals surface area (Å²) in [6, 6.07) is 10.4. The van der Waals surface area contributed by atoms with E-state index in [0.717, 1.165) is 25.9 Å². The molecule has 2 fully saturated rings. The van der Waals surface area contributed by atoms with Crippen LogP contribution in [0.2, 0.25) is 0 Å². The SMILES string of the molecule is NC1CCN(c2ccc([N+](=O)[O-])c(Nc3ccccc3N3CCOCC3F)n2)CC1. The van der Waals surface area contributed by atoms with Crippen molar-refractivity contribution in [3.63, 3.8) is 0 Å². The Labute approximate surface area is 173 Å². The van der Waals surface area contributed by atoms with Gasteiger partial charge in [-0.2, -0.15) is 0 Å². The van der Waals surface area contributed by atoms with Crippen LogP contribution in [0.5, 0.6) is 0 Å². The maximum absolute atomic E-state index is 14.4. The minimum atomic E-state index is -1.28. The first kappa shape index (κ1) is 20.3. The molecule has 10 heteroatoms. The average molecular weight is 416 g/mol. The third kappa shape index (κ3) is 4.29. The quantitative estimate of drug-likeness (QED) is 0.435. The minimum Gasteiger partial charge on any atom is -0.375 e. The van der Waals surface area contributed by atoms with E-state index in [2.05, 4.69) is 15.2 Å². The number of halogens is 1. The van der Waals surface area contributed by atoms with Gasteiger partial charge in [0.25, 0.3) is 0 Å². The van der Waals surface area contributed by atoms with Gasteiger partial charge in [0.05, 0.1) is 29.5 Å². The molecule has 1 aromatic heterocycles. The van der Waals surface area contributed by atoms with Crippen LogP contribution in [0.4, 0.5) is 33.1 Å². The Kier molecular flexibility index (Phi) is 5.96. The zero-order chi connectivity index (χ0) is 21.1. The van der Waals surface area contributed by atoms with Crippen LogP contribution in [-0.2, 0) is 4.74 Å². The number of alkyl halides is 1. The van der Waals surface area contributed by atoms with Gasteiger partial charge in [0, 0.05) is 31.7 Å². The second kappa shape index (κ2) is 8.80. The highest BCUT2D eigenvalue weighted by Crippen LogP contribution is 2.35. The Hall–Kier alpha value is -2.98. The summed E-state index contributed by atoms with van der Waals surface area (Å²) < 4.78 is 19.6. The van der Waals surface area contributed by atoms with Gasteiger partial charge in [-0.25, -0.2) is 9.37 Å². The number of nitrogens with zero attached hydrogens (tertiary/aromatic N) is 4. The lowest BCUT2D eigenvalue weighted by atomic mass is 10.1. The number of ether oxygens (including phenoxy) is 1. The van der Waals surface area contributed by atoms with Crippen molar-refractivity contribution in [1.82, 2.24) is 4.98 Å². The van der Waals surface area contributed by atoms with Gasteiger partial charge in [0.2, 0.25) is 5.82 Å². The van der Waals surface area contributed by atoms with Crippen molar-refractivity contribution >= 4 is 28.7 Å². The Morgan fingerprint density at radius 3 is 2.70 bits per heavy atom. The monoisotopic (exact) mass is 416 g/mol. The van der Waals surface area contributed by atoms with Gasteiger partial charge in [0.15, 0.2) is 6.30 Å². The molecule has 2 aliphatic heterocycles. The molecule has 3 N–H and O–H groups in total. The van der Waals surface area contributed by atoms with Crippen molar-refractivity contribution in [2.24, 2.45) is 5.73 Å². The number of piperidine rings is 1. The van der Waals surface area contributed by atoms with E-state index in [1.807, 2.05) is 0 Å². The molecular weight excluding hydrogens is 391 g/mol. The molecular formula is C20H25FN6O3. The first-order valence-electron chi connectivity index (χ1n) is 10.0. The number of nitro groups is 1. The van der Waals surface area contributed by atoms with Crippen LogP contribution < -0.4 is 20.9 Å². The van der Waals surface area contributed by atoms with E-state index >= 15 is 0 Å². The molecule has 1 atom stereocenters. The fraction of sp³-hybridized carbons (Fsp3) is 0.450. The molecule has 4 rings (SSSR count). The highest BCUT2D eigenvalue weighted by atomic mass is 19.1. The predicted molar refractivity (Wildman–Crippen MR) is 113 cm³/mol. The van der Waals surface area contributed by atoms with Crippen LogP contribution in [0, 0.1) is 10.1 Å². The minimum absolute atomic E-state index is 0.0146. The largest absolute Gasteiger partial charge is 0.375 e. The van der Waals surface area contributed by atoms with Gasteiger partial charge in [-0.3, -0.25) is 10.1 Å². The lowest BCUT2D eigenvalue weighted by Crippen LogP contribution is -2.43. The van der Waals surface area contributed by atoms with Crippen molar-refractivity contribution in [3.8, 4) is 0 Å². The van der Waals surface area contributed by atoms with E-state index in [1.54, 1.807) is 35.2 Å². The van der Waals surface area contributed by atoms with Crippen LogP contribution in [0.15, 0.2) is 36.4 Å². The molecule has 9 nitrogen and oxygen atoms in total. The number of para-hydroxylation sites is 2. The van der Waals surface area contributed by atoms with Gasteiger partial charge in [-0.05, 0) is 31.0 Å². The molecule has 0 bridgehead atoms. The predicted octanol–water partition coefficient (Wildman–Crippen LogP) is 2.79. The number of pyridine rings is 1. The van der Waals surface area contributed by atoms with Gasteiger partial charge in [0.1, 0.15) is 5.82 Å². The van der Waals surface area contributed by atoms with Crippen molar-refractivity contribution in [1.29, 1.82) is 0 Å². The zero-order valence-electron chi connectivity index (χ0n) is 16.5. The number of rotatable bonds is 5. The van der Waals surface area contributed by atoms with Crippen LogP contribution in [0.1, 0.15) is 12.8 Å². The van der Waals surface area contributed by atoms with Gasteiger partial charge in [-0.1, -0.05) is 12.1 Å². The summed E-state index contributed by atoms with van der Waals surface area (Å²) in [7, 11) is 0. The number of nitrogens with one attached hydrogen (secondary N) is 1. The first-order valence-corrected chi connectivity index (χ1v) is 10.0. The van der Waals surface area contributed by atoms with Crippen LogP contribution in [0.25, 0.3) is 0 Å². The molecule has 160 valence electrons. The molecule has 0 radical (unpaired) electrons. The average Bonchev–Trinajstić information content (AvgIpc) is 2.75. The summed E-state index contributed by atoms with van der Waals surface area (Å²) in [6.45, 7) is 2.29. The number of anilines is 4. The third-order valence-corrected chi connectivity index (χ3v) is 5.46. The van der Waals surface area contributed by atoms with E-state index in [4.69, 9.17) is 10.5 Å². The molecule has 0 saturated carbocycles. The van der Waals surface area contributed by atoms with E-state index in [9.17, 15) is 14.5 Å². The van der Waals surface area contributed by atoms with Gasteiger partial charge in [-0.15, -0.1) is 0 Å². The molecule has 30 heavy (non-hydrogen) atoms. The first-order chi connectivity index (χ1) is 14.5. The Bertz CT molecular complexity index is 906. The fourth-order valence-electron chi connectivity index (χ4n) is 3.79. The lowest BCUT2D eigenvalue weighted by molar-refractivity contribution is -0.384. The molecule has 1 aromatic carbocycles. The fourth-order valence-corrected chi connectivity index (χ4v) is 3.79. The highest BCUT2D eigenvalue weighted by molar-refractivity contribution is 5.78. The van der Waals surface area contributed by atoms with Crippen molar-refractivity contribution in [3.05, 3.63) is 46.5 Å². The number of hydrogen-bond donors (Lipinski definition) is 2. The number of nitrogens with two attached hydrogens (primary N) is 1. The van der Waals surface area contributed by atoms with Crippen molar-refractivity contribution in [2.45, 2.75) is 25.2 Å². The summed E-state index contributed by atoms with van der Waals surface area (Å²) in [6.07, 6.45) is 0.409. The summed E-state index contributed by atoms with van der Waals surface area (Å²) in [5.74, 6) is 0.783. The van der Waals surface area contributed by atoms with E-state index in [1.165, 1.54) is 6.07 Å². The van der Waals surface area contributed by atoms with Gasteiger partial charge < -0.3 is 25.6 Å². The Morgan fingerprint density at radius 1 is 1.20 bits per heavy atom. The number of benzene rings is 1. The van der Waals surface area contributed by atoms with E-state index in [0.29, 0.717) is 30.3 Å². The Balaban J connectivity index is 1.65. The summed E-state index contributed by atoms with van der Waals surface area (Å²) in [5.41, 5.74) is 7.00. The molecule has 0 aliphatic carbocycles. The molecule has 0 spiro atoms. The zero-order valence-corrected chi connectivity index (χ0v) is 16.5. The van der Waals surface area contributed by atoms with Crippen molar-refractivity contribution in [2.75, 3.05) is 48.0 Å². The Morgan fingerprint density at radius 2 is 1.97 bits per heavy atom. The summed E-state index contributed by atoms with van der Waals surface area (Å²) >= 11 is 0. The van der Waals surface area contributed by atoms with Crippen molar-refractivity contribution < 1.29 is 14.1 Å². The third-order valence-electron chi connectivity index (χ3n) is 5.46. The molecule has 2 saturated heterocycles. The van der Waals surface area contributed by atoms with Crippen LogP contribution in [-0.4, -0.2) is 55.1 Å². The second-order valence-electron chi connectivity index (χ2n) is 7.46. The highest BCUT2D eigenvalue weighted by Gasteiger charge is 2.26. The second-order valence-corrected chi connectivity index (χ2v) is 7.46. The molecule has 2 aliphatic rings. The molecule has 0 amide bonds. The maximum Gasteiger partial charge on any atom is 0.311 e. The standard InChI is InChI=1S/C20H25FN6O3/c21-18-13-30-12-11-26(18)16-4-2-1-3-15(16)23-20-17(27(28)29)5-6-19(24-20)25-9-7-14(22)8-10-25/h1-6,14,18H,7-13,22H2,(H,23,24). The van der Waals surface area contributed by atoms with E-state index < -0.39 is 11.2 Å². The van der Waals surface area contributed by atoms with E-state index in [-0.39, 0.29) is 24.2 Å².